The van der Waals surface area contributed by atoms with Gasteiger partial charge in [0.15, 0.2) is 0 Å². The third kappa shape index (κ3) is 2.16. The maximum Gasteiger partial charge on any atom is 0.254 e. The summed E-state index contributed by atoms with van der Waals surface area (Å²) in [6.07, 6.45) is 4.54. The lowest BCUT2D eigenvalue weighted by atomic mass is 10.0. The molecule has 2 nitrogen and oxygen atoms in total. The zero-order valence-electron chi connectivity index (χ0n) is 10.6. The highest BCUT2D eigenvalue weighted by Gasteiger charge is 2.43. The number of hydrogen-bond donors (Lipinski definition) is 1. The molecule has 2 aliphatic rings. The molecule has 0 bridgehead atoms. The lowest BCUT2D eigenvalue weighted by molar-refractivity contribution is 0.0731. The Morgan fingerprint density at radius 1 is 1.28 bits per heavy atom. The Bertz CT molecular complexity index is 467. The van der Waals surface area contributed by atoms with Gasteiger partial charge in [0, 0.05) is 18.7 Å². The lowest BCUT2D eigenvalue weighted by Crippen LogP contribution is -2.36. The fraction of sp³-hybridized carbons (Fsp3) is 0.533. The van der Waals surface area contributed by atoms with E-state index >= 15 is 0 Å². The monoisotopic (exact) mass is 261 g/mol. The molecule has 3 heteroatoms. The maximum absolute atomic E-state index is 12.6. The van der Waals surface area contributed by atoms with E-state index in [1.807, 2.05) is 18.2 Å². The molecule has 1 aromatic rings. The van der Waals surface area contributed by atoms with Gasteiger partial charge in [0.2, 0.25) is 0 Å². The quantitative estimate of drug-likeness (QED) is 0.830. The van der Waals surface area contributed by atoms with Crippen LogP contribution in [0.15, 0.2) is 24.3 Å². The van der Waals surface area contributed by atoms with Crippen LogP contribution in [0, 0.1) is 5.41 Å². The summed E-state index contributed by atoms with van der Waals surface area (Å²) in [5, 5.41) is 0. The van der Waals surface area contributed by atoms with Gasteiger partial charge in [-0.05, 0) is 48.5 Å². The zero-order chi connectivity index (χ0) is 12.6. The van der Waals surface area contributed by atoms with Crippen LogP contribution in [0.3, 0.4) is 0 Å². The Morgan fingerprint density at radius 2 is 2.06 bits per heavy atom. The Morgan fingerprint density at radius 3 is 2.78 bits per heavy atom. The molecule has 0 spiro atoms. The summed E-state index contributed by atoms with van der Waals surface area (Å²) in [5.41, 5.74) is 2.43. The molecule has 1 aliphatic heterocycles. The third-order valence-electron chi connectivity index (χ3n) is 4.23. The van der Waals surface area contributed by atoms with Crippen LogP contribution in [0.5, 0.6) is 0 Å². The van der Waals surface area contributed by atoms with Crippen LogP contribution in [-0.2, 0) is 6.42 Å². The van der Waals surface area contributed by atoms with E-state index in [1.54, 1.807) is 0 Å². The van der Waals surface area contributed by atoms with E-state index in [0.29, 0.717) is 5.41 Å². The van der Waals surface area contributed by atoms with Gasteiger partial charge in [-0.2, -0.15) is 12.6 Å². The highest BCUT2D eigenvalue weighted by Crippen LogP contribution is 2.47. The van der Waals surface area contributed by atoms with Crippen molar-refractivity contribution in [1.82, 2.24) is 4.90 Å². The van der Waals surface area contributed by atoms with Gasteiger partial charge in [-0.1, -0.05) is 18.2 Å². The lowest BCUT2D eigenvalue weighted by Gasteiger charge is -2.25. The fourth-order valence-electron chi connectivity index (χ4n) is 2.78. The standard InChI is InChI=1S/C15H19NOS/c17-14-13-6-2-1-4-12(13)5-3-9-16(14)10-15(11-18)7-8-15/h1-2,4,6,18H,3,5,7-11H2. The minimum atomic E-state index is 0.219. The first-order valence-corrected chi connectivity index (χ1v) is 7.35. The number of rotatable bonds is 3. The number of fused-ring (bicyclic) bond motifs is 1. The predicted octanol–water partition coefficient (Wildman–Crippen LogP) is 2.79. The summed E-state index contributed by atoms with van der Waals surface area (Å²) in [6, 6.07) is 8.04. The smallest absolute Gasteiger partial charge is 0.254 e. The molecule has 1 fully saturated rings. The topological polar surface area (TPSA) is 20.3 Å². The van der Waals surface area contributed by atoms with Gasteiger partial charge in [0.1, 0.15) is 0 Å². The second-order valence-electron chi connectivity index (χ2n) is 5.65. The molecule has 1 aliphatic carbocycles. The largest absolute Gasteiger partial charge is 0.338 e. The molecule has 3 rings (SSSR count). The SMILES string of the molecule is O=C1c2ccccc2CCCN1CC1(CS)CC1. The molecule has 96 valence electrons. The van der Waals surface area contributed by atoms with Crippen molar-refractivity contribution >= 4 is 18.5 Å². The number of carbonyl (C=O) groups is 1. The van der Waals surface area contributed by atoms with Crippen LogP contribution in [0.1, 0.15) is 35.2 Å². The molecule has 18 heavy (non-hydrogen) atoms. The van der Waals surface area contributed by atoms with E-state index in [-0.39, 0.29) is 5.91 Å². The first kappa shape index (κ1) is 12.1. The molecule has 1 aromatic carbocycles. The molecular formula is C15H19NOS. The van der Waals surface area contributed by atoms with Gasteiger partial charge in [-0.25, -0.2) is 0 Å². The van der Waals surface area contributed by atoms with Gasteiger partial charge >= 0.3 is 0 Å². The number of nitrogens with zero attached hydrogens (tertiary/aromatic N) is 1. The second-order valence-corrected chi connectivity index (χ2v) is 5.96. The number of carbonyl (C=O) groups excluding carboxylic acids is 1. The summed E-state index contributed by atoms with van der Waals surface area (Å²) in [7, 11) is 0. The van der Waals surface area contributed by atoms with Crippen LogP contribution < -0.4 is 0 Å². The number of amides is 1. The average molecular weight is 261 g/mol. The average Bonchev–Trinajstić information content (AvgIpc) is 3.19. The Labute approximate surface area is 114 Å². The highest BCUT2D eigenvalue weighted by molar-refractivity contribution is 7.80. The van der Waals surface area contributed by atoms with Crippen molar-refractivity contribution < 1.29 is 4.79 Å². The van der Waals surface area contributed by atoms with Crippen LogP contribution in [0.2, 0.25) is 0 Å². The van der Waals surface area contributed by atoms with Gasteiger partial charge < -0.3 is 4.90 Å². The molecule has 1 saturated carbocycles. The molecule has 0 unspecified atom stereocenters. The maximum atomic E-state index is 12.6. The molecular weight excluding hydrogens is 242 g/mol. The summed E-state index contributed by atoms with van der Waals surface area (Å²) in [6.45, 7) is 1.78. The van der Waals surface area contributed by atoms with Crippen molar-refractivity contribution in [1.29, 1.82) is 0 Å². The van der Waals surface area contributed by atoms with E-state index in [4.69, 9.17) is 0 Å². The van der Waals surface area contributed by atoms with Crippen molar-refractivity contribution in [3.63, 3.8) is 0 Å². The van der Waals surface area contributed by atoms with Crippen molar-refractivity contribution in [3.8, 4) is 0 Å². The van der Waals surface area contributed by atoms with Crippen molar-refractivity contribution in [2.24, 2.45) is 5.41 Å². The Kier molecular flexibility index (Phi) is 3.10. The summed E-state index contributed by atoms with van der Waals surface area (Å²) in [5.74, 6) is 1.12. The highest BCUT2D eigenvalue weighted by atomic mass is 32.1. The van der Waals surface area contributed by atoms with Crippen molar-refractivity contribution in [3.05, 3.63) is 35.4 Å². The van der Waals surface area contributed by atoms with E-state index in [1.165, 1.54) is 18.4 Å². The molecule has 0 aromatic heterocycles. The molecule has 0 radical (unpaired) electrons. The van der Waals surface area contributed by atoms with Gasteiger partial charge in [-0.3, -0.25) is 4.79 Å². The first-order valence-electron chi connectivity index (χ1n) is 6.72. The number of benzene rings is 1. The molecule has 0 atom stereocenters. The minimum Gasteiger partial charge on any atom is -0.338 e. The molecule has 1 amide bonds. The van der Waals surface area contributed by atoms with Gasteiger partial charge in [-0.15, -0.1) is 0 Å². The molecule has 0 N–H and O–H groups in total. The normalized spacial score (nSPS) is 21.4. The number of hydrogen-bond acceptors (Lipinski definition) is 2. The second kappa shape index (κ2) is 4.61. The predicted molar refractivity (Wildman–Crippen MR) is 76.2 cm³/mol. The van der Waals surface area contributed by atoms with Crippen LogP contribution in [0.25, 0.3) is 0 Å². The Hall–Kier alpha value is -0.960. The van der Waals surface area contributed by atoms with Crippen LogP contribution in [-0.4, -0.2) is 29.6 Å². The molecule has 0 saturated heterocycles. The number of aryl methyl sites for hydroxylation is 1. The summed E-state index contributed by atoms with van der Waals surface area (Å²) in [4.78, 5) is 14.6. The van der Waals surface area contributed by atoms with E-state index < -0.39 is 0 Å². The van der Waals surface area contributed by atoms with Crippen LogP contribution in [0.4, 0.5) is 0 Å². The number of thiol groups is 1. The minimum absolute atomic E-state index is 0.219. The third-order valence-corrected chi connectivity index (χ3v) is 4.90. The van der Waals surface area contributed by atoms with E-state index in [2.05, 4.69) is 23.6 Å². The Balaban J connectivity index is 1.83. The van der Waals surface area contributed by atoms with Crippen molar-refractivity contribution in [2.45, 2.75) is 25.7 Å². The van der Waals surface area contributed by atoms with E-state index in [9.17, 15) is 4.79 Å². The van der Waals surface area contributed by atoms with Crippen molar-refractivity contribution in [2.75, 3.05) is 18.8 Å². The summed E-state index contributed by atoms with van der Waals surface area (Å²) >= 11 is 4.44. The van der Waals surface area contributed by atoms with E-state index in [0.717, 1.165) is 37.2 Å². The van der Waals surface area contributed by atoms with Gasteiger partial charge in [0.05, 0.1) is 0 Å². The molecule has 1 heterocycles. The van der Waals surface area contributed by atoms with Gasteiger partial charge in [0.25, 0.3) is 5.91 Å². The zero-order valence-corrected chi connectivity index (χ0v) is 11.5. The fourth-order valence-corrected chi connectivity index (χ4v) is 3.19. The van der Waals surface area contributed by atoms with Crippen LogP contribution >= 0.6 is 12.6 Å². The first-order chi connectivity index (χ1) is 8.74. The summed E-state index contributed by atoms with van der Waals surface area (Å²) < 4.78 is 0.